The molecule has 2 aromatic carbocycles. The maximum atomic E-state index is 12.2. The molecule has 0 saturated carbocycles. The number of para-hydroxylation sites is 1. The second-order valence-corrected chi connectivity index (χ2v) is 5.37. The number of ether oxygens (including phenoxy) is 2. The Labute approximate surface area is 142 Å². The highest BCUT2D eigenvalue weighted by atomic mass is 16.7. The van der Waals surface area contributed by atoms with Crippen LogP contribution in [0.2, 0.25) is 0 Å². The van der Waals surface area contributed by atoms with E-state index in [0.717, 1.165) is 5.39 Å². The number of aromatic nitrogens is 1. The van der Waals surface area contributed by atoms with Crippen molar-refractivity contribution in [3.63, 3.8) is 0 Å². The molecule has 1 aliphatic heterocycles. The molecule has 0 atom stereocenters. The Morgan fingerprint density at radius 2 is 1.68 bits per heavy atom. The third-order valence-corrected chi connectivity index (χ3v) is 3.76. The molecule has 7 nitrogen and oxygen atoms in total. The number of benzene rings is 2. The molecule has 0 saturated heterocycles. The molecule has 3 aromatic rings. The lowest BCUT2D eigenvalue weighted by molar-refractivity contribution is 0.0844. The fourth-order valence-corrected chi connectivity index (χ4v) is 2.48. The molecule has 4 rings (SSSR count). The molecule has 7 heteroatoms. The smallest absolute Gasteiger partial charge is 0.288 e. The third kappa shape index (κ3) is 2.94. The van der Waals surface area contributed by atoms with Crippen molar-refractivity contribution >= 4 is 22.7 Å². The second kappa shape index (κ2) is 6.12. The summed E-state index contributed by atoms with van der Waals surface area (Å²) in [7, 11) is 0. The molecule has 1 aromatic heterocycles. The summed E-state index contributed by atoms with van der Waals surface area (Å²) < 4.78 is 10.4. The van der Waals surface area contributed by atoms with E-state index in [4.69, 9.17) is 9.47 Å². The number of carbonyl (C=O) groups is 2. The van der Waals surface area contributed by atoms with Gasteiger partial charge in [-0.05, 0) is 30.3 Å². The summed E-state index contributed by atoms with van der Waals surface area (Å²) in [6.45, 7) is 0.130. The van der Waals surface area contributed by atoms with Crippen LogP contribution in [0.25, 0.3) is 10.9 Å². The van der Waals surface area contributed by atoms with E-state index in [9.17, 15) is 9.59 Å². The number of fused-ring (bicyclic) bond motifs is 2. The van der Waals surface area contributed by atoms with Crippen LogP contribution in [-0.2, 0) is 0 Å². The average Bonchev–Trinajstić information content (AvgIpc) is 3.13. The Hall–Kier alpha value is -3.61. The monoisotopic (exact) mass is 335 g/mol. The van der Waals surface area contributed by atoms with Crippen LogP contribution in [0.15, 0.2) is 54.6 Å². The van der Waals surface area contributed by atoms with Gasteiger partial charge in [-0.25, -0.2) is 4.98 Å². The van der Waals surface area contributed by atoms with E-state index >= 15 is 0 Å². The molecule has 2 N–H and O–H groups in total. The topological polar surface area (TPSA) is 89.6 Å². The predicted octanol–water partition coefficient (Wildman–Crippen LogP) is 2.04. The van der Waals surface area contributed by atoms with Crippen molar-refractivity contribution in [1.29, 1.82) is 0 Å². The van der Waals surface area contributed by atoms with E-state index in [2.05, 4.69) is 15.8 Å². The molecule has 0 spiro atoms. The number of pyridine rings is 1. The third-order valence-electron chi connectivity index (χ3n) is 3.76. The van der Waals surface area contributed by atoms with Gasteiger partial charge in [0, 0.05) is 10.9 Å². The zero-order valence-corrected chi connectivity index (χ0v) is 13.0. The van der Waals surface area contributed by atoms with Crippen molar-refractivity contribution in [2.75, 3.05) is 6.79 Å². The maximum absolute atomic E-state index is 12.2. The fourth-order valence-electron chi connectivity index (χ4n) is 2.48. The van der Waals surface area contributed by atoms with Gasteiger partial charge in [0.25, 0.3) is 11.8 Å². The molecule has 1 aliphatic rings. The number of carbonyl (C=O) groups excluding carboxylic acids is 2. The first-order valence-corrected chi connectivity index (χ1v) is 7.57. The van der Waals surface area contributed by atoms with Gasteiger partial charge in [0.1, 0.15) is 5.69 Å². The van der Waals surface area contributed by atoms with Crippen LogP contribution < -0.4 is 20.3 Å². The zero-order chi connectivity index (χ0) is 17.2. The van der Waals surface area contributed by atoms with Crippen molar-refractivity contribution in [1.82, 2.24) is 15.8 Å². The molecule has 0 bridgehead atoms. The molecule has 0 fully saturated rings. The van der Waals surface area contributed by atoms with Crippen molar-refractivity contribution in [3.05, 3.63) is 65.9 Å². The van der Waals surface area contributed by atoms with Gasteiger partial charge in [-0.2, -0.15) is 0 Å². The largest absolute Gasteiger partial charge is 0.454 e. The van der Waals surface area contributed by atoms with Crippen LogP contribution in [0.3, 0.4) is 0 Å². The Bertz CT molecular complexity index is 987. The van der Waals surface area contributed by atoms with Gasteiger partial charge in [0.05, 0.1) is 5.52 Å². The molecule has 2 amide bonds. The minimum absolute atomic E-state index is 0.130. The minimum Gasteiger partial charge on any atom is -0.454 e. The van der Waals surface area contributed by atoms with Gasteiger partial charge in [-0.1, -0.05) is 24.3 Å². The number of hydrogen-bond acceptors (Lipinski definition) is 5. The summed E-state index contributed by atoms with van der Waals surface area (Å²) in [5.74, 6) is 0.114. The number of nitrogens with zero attached hydrogens (tertiary/aromatic N) is 1. The number of rotatable bonds is 2. The van der Waals surface area contributed by atoms with Crippen LogP contribution in [0.5, 0.6) is 11.5 Å². The van der Waals surface area contributed by atoms with Crippen molar-refractivity contribution < 1.29 is 19.1 Å². The molecule has 25 heavy (non-hydrogen) atoms. The van der Waals surface area contributed by atoms with Crippen molar-refractivity contribution in [2.24, 2.45) is 0 Å². The Kier molecular flexibility index (Phi) is 3.66. The summed E-state index contributed by atoms with van der Waals surface area (Å²) in [5, 5.41) is 0.934. The summed E-state index contributed by atoms with van der Waals surface area (Å²) in [6.07, 6.45) is 0. The van der Waals surface area contributed by atoms with Crippen molar-refractivity contribution in [3.8, 4) is 11.5 Å². The number of hydrazine groups is 1. The number of amides is 2. The van der Waals surface area contributed by atoms with Gasteiger partial charge in [-0.3, -0.25) is 20.4 Å². The molecular weight excluding hydrogens is 322 g/mol. The van der Waals surface area contributed by atoms with E-state index < -0.39 is 11.8 Å². The van der Waals surface area contributed by atoms with Gasteiger partial charge in [0.2, 0.25) is 6.79 Å². The molecule has 124 valence electrons. The summed E-state index contributed by atoms with van der Waals surface area (Å²) >= 11 is 0. The van der Waals surface area contributed by atoms with Crippen LogP contribution in [0, 0.1) is 0 Å². The summed E-state index contributed by atoms with van der Waals surface area (Å²) in [6, 6.07) is 15.7. The van der Waals surface area contributed by atoms with Crippen LogP contribution in [0.1, 0.15) is 20.8 Å². The number of nitrogens with one attached hydrogen (secondary N) is 2. The van der Waals surface area contributed by atoms with Crippen LogP contribution in [0.4, 0.5) is 0 Å². The highest BCUT2D eigenvalue weighted by Gasteiger charge is 2.17. The van der Waals surface area contributed by atoms with E-state index in [-0.39, 0.29) is 12.5 Å². The summed E-state index contributed by atoms with van der Waals surface area (Å²) in [4.78, 5) is 28.6. The highest BCUT2D eigenvalue weighted by molar-refractivity contribution is 5.99. The standard InChI is InChI=1S/C18H13N3O4/c22-17(12-6-8-15-16(9-12)25-10-24-15)20-21-18(23)14-7-5-11-3-1-2-4-13(11)19-14/h1-9H,10H2,(H,20,22)(H,21,23). The normalized spacial score (nSPS) is 12.0. The lowest BCUT2D eigenvalue weighted by atomic mass is 10.2. The van der Waals surface area contributed by atoms with Gasteiger partial charge < -0.3 is 9.47 Å². The molecular formula is C18H13N3O4. The first kappa shape index (κ1) is 14.9. The number of hydrogen-bond donors (Lipinski definition) is 2. The predicted molar refractivity (Wildman–Crippen MR) is 89.2 cm³/mol. The molecule has 2 heterocycles. The van der Waals surface area contributed by atoms with Crippen LogP contribution >= 0.6 is 0 Å². The Balaban J connectivity index is 1.44. The Morgan fingerprint density at radius 3 is 2.60 bits per heavy atom. The second-order valence-electron chi connectivity index (χ2n) is 5.37. The minimum atomic E-state index is -0.500. The quantitative estimate of drug-likeness (QED) is 0.700. The highest BCUT2D eigenvalue weighted by Crippen LogP contribution is 2.32. The van der Waals surface area contributed by atoms with Gasteiger partial charge in [0.15, 0.2) is 11.5 Å². The lowest BCUT2D eigenvalue weighted by Gasteiger charge is -2.08. The van der Waals surface area contributed by atoms with E-state index in [1.54, 1.807) is 30.3 Å². The summed E-state index contributed by atoms with van der Waals surface area (Å²) in [5.41, 5.74) is 5.98. The van der Waals surface area contributed by atoms with Crippen molar-refractivity contribution in [2.45, 2.75) is 0 Å². The SMILES string of the molecule is O=C(NNC(=O)c1ccc2ccccc2n1)c1ccc2c(c1)OCO2. The first-order valence-electron chi connectivity index (χ1n) is 7.57. The fraction of sp³-hybridized carbons (Fsp3) is 0.0556. The Morgan fingerprint density at radius 1 is 0.880 bits per heavy atom. The van der Waals surface area contributed by atoms with Crippen LogP contribution in [-0.4, -0.2) is 23.6 Å². The molecule has 0 radical (unpaired) electrons. The zero-order valence-electron chi connectivity index (χ0n) is 13.0. The van der Waals surface area contributed by atoms with E-state index in [0.29, 0.717) is 22.6 Å². The van der Waals surface area contributed by atoms with Gasteiger partial charge in [-0.15, -0.1) is 0 Å². The lowest BCUT2D eigenvalue weighted by Crippen LogP contribution is -2.41. The van der Waals surface area contributed by atoms with Gasteiger partial charge >= 0.3 is 0 Å². The first-order chi connectivity index (χ1) is 12.2. The van der Waals surface area contributed by atoms with E-state index in [1.165, 1.54) is 0 Å². The van der Waals surface area contributed by atoms with E-state index in [1.807, 2.05) is 24.3 Å². The molecule has 0 aliphatic carbocycles. The molecule has 0 unspecified atom stereocenters. The average molecular weight is 335 g/mol. The maximum Gasteiger partial charge on any atom is 0.288 e.